The minimum Gasteiger partial charge on any atom is -0.351 e. The summed E-state index contributed by atoms with van der Waals surface area (Å²) in [6.07, 6.45) is 0. The van der Waals surface area contributed by atoms with Crippen LogP contribution >= 0.6 is 27.3 Å². The Labute approximate surface area is 100 Å². The summed E-state index contributed by atoms with van der Waals surface area (Å²) in [5, 5.41) is 4.75. The first-order chi connectivity index (χ1) is 7.31. The van der Waals surface area contributed by atoms with Crippen molar-refractivity contribution in [2.24, 2.45) is 0 Å². The molecule has 0 unspecified atom stereocenters. The van der Waals surface area contributed by atoms with Crippen molar-refractivity contribution in [3.63, 3.8) is 0 Å². The molecule has 0 radical (unpaired) electrons. The molecule has 0 atom stereocenters. The molecule has 1 aromatic heterocycles. The van der Waals surface area contributed by atoms with E-state index in [1.54, 1.807) is 0 Å². The lowest BCUT2D eigenvalue weighted by atomic mass is 10.2. The van der Waals surface area contributed by atoms with Gasteiger partial charge in [-0.05, 0) is 17.5 Å². The molecular formula is C11H10BrNOS. The van der Waals surface area contributed by atoms with Gasteiger partial charge >= 0.3 is 0 Å². The Hall–Kier alpha value is -0.870. The van der Waals surface area contributed by atoms with Crippen LogP contribution in [0.2, 0.25) is 0 Å². The van der Waals surface area contributed by atoms with Gasteiger partial charge in [0, 0.05) is 16.6 Å². The van der Waals surface area contributed by atoms with Gasteiger partial charge in [0.05, 0.1) is 4.88 Å². The molecule has 1 aromatic carbocycles. The number of carbonyl (C=O) groups is 1. The smallest absolute Gasteiger partial charge is 0.261 e. The average Bonchev–Trinajstić information content (AvgIpc) is 2.69. The Morgan fingerprint density at radius 3 is 2.93 bits per heavy atom. The highest BCUT2D eigenvalue weighted by atomic mass is 79.9. The molecule has 2 nitrogen and oxygen atoms in total. The number of alkyl halides is 1. The van der Waals surface area contributed by atoms with E-state index in [4.69, 9.17) is 0 Å². The normalized spacial score (nSPS) is 10.5. The second-order valence-corrected chi connectivity index (χ2v) is 4.97. The van der Waals surface area contributed by atoms with Crippen molar-refractivity contribution >= 4 is 43.3 Å². The summed E-state index contributed by atoms with van der Waals surface area (Å²) in [5.41, 5.74) is 0. The summed E-state index contributed by atoms with van der Waals surface area (Å²) in [5.74, 6) is 0.00986. The first-order valence-corrected chi connectivity index (χ1v) is 6.58. The predicted octanol–water partition coefficient (Wildman–Crippen LogP) is 3.03. The zero-order chi connectivity index (χ0) is 10.7. The van der Waals surface area contributed by atoms with Gasteiger partial charge in [-0.1, -0.05) is 34.1 Å². The van der Waals surface area contributed by atoms with Gasteiger partial charge in [-0.2, -0.15) is 0 Å². The fourth-order valence-corrected chi connectivity index (χ4v) is 2.52. The van der Waals surface area contributed by atoms with E-state index in [0.717, 1.165) is 20.3 Å². The van der Waals surface area contributed by atoms with E-state index in [-0.39, 0.29) is 5.91 Å². The maximum Gasteiger partial charge on any atom is 0.261 e. The number of rotatable bonds is 3. The third-order valence-corrected chi connectivity index (χ3v) is 3.54. The summed E-state index contributed by atoms with van der Waals surface area (Å²) in [6, 6.07) is 9.95. The Morgan fingerprint density at radius 2 is 2.20 bits per heavy atom. The van der Waals surface area contributed by atoms with Gasteiger partial charge in [0.2, 0.25) is 0 Å². The van der Waals surface area contributed by atoms with Crippen molar-refractivity contribution in [2.75, 3.05) is 11.9 Å². The highest BCUT2D eigenvalue weighted by Gasteiger charge is 2.08. The van der Waals surface area contributed by atoms with E-state index >= 15 is 0 Å². The van der Waals surface area contributed by atoms with Crippen molar-refractivity contribution in [1.82, 2.24) is 5.32 Å². The van der Waals surface area contributed by atoms with E-state index < -0.39 is 0 Å². The molecule has 0 bridgehead atoms. The van der Waals surface area contributed by atoms with Crippen LogP contribution in [0.1, 0.15) is 9.67 Å². The molecular weight excluding hydrogens is 274 g/mol. The average molecular weight is 284 g/mol. The molecule has 1 heterocycles. The van der Waals surface area contributed by atoms with Gasteiger partial charge < -0.3 is 5.32 Å². The van der Waals surface area contributed by atoms with Crippen LogP contribution in [-0.2, 0) is 0 Å². The van der Waals surface area contributed by atoms with Crippen molar-refractivity contribution in [2.45, 2.75) is 0 Å². The standard InChI is InChI=1S/C11H10BrNOS/c12-5-6-13-11(14)10-7-8-3-1-2-4-9(8)15-10/h1-4,7H,5-6H2,(H,13,14). The lowest BCUT2D eigenvalue weighted by Crippen LogP contribution is -2.24. The Kier molecular flexibility index (Phi) is 3.38. The van der Waals surface area contributed by atoms with E-state index in [1.807, 2.05) is 30.3 Å². The Morgan fingerprint density at radius 1 is 1.40 bits per heavy atom. The van der Waals surface area contributed by atoms with Crippen LogP contribution in [0.5, 0.6) is 0 Å². The number of hydrogen-bond donors (Lipinski definition) is 1. The van der Waals surface area contributed by atoms with Gasteiger partial charge in [-0.25, -0.2) is 0 Å². The van der Waals surface area contributed by atoms with Crippen LogP contribution in [-0.4, -0.2) is 17.8 Å². The molecule has 0 fully saturated rings. The van der Waals surface area contributed by atoms with Crippen LogP contribution < -0.4 is 5.32 Å². The van der Waals surface area contributed by atoms with Crippen molar-refractivity contribution in [3.8, 4) is 0 Å². The molecule has 78 valence electrons. The zero-order valence-corrected chi connectivity index (χ0v) is 10.4. The first kappa shape index (κ1) is 10.6. The number of hydrogen-bond acceptors (Lipinski definition) is 2. The Balaban J connectivity index is 2.25. The van der Waals surface area contributed by atoms with Crippen molar-refractivity contribution < 1.29 is 4.79 Å². The molecule has 0 aliphatic rings. The first-order valence-electron chi connectivity index (χ1n) is 4.64. The highest BCUT2D eigenvalue weighted by Crippen LogP contribution is 2.24. The molecule has 1 amide bonds. The van der Waals surface area contributed by atoms with Gasteiger partial charge in [0.15, 0.2) is 0 Å². The molecule has 0 aliphatic carbocycles. The van der Waals surface area contributed by atoms with Crippen molar-refractivity contribution in [3.05, 3.63) is 35.2 Å². The predicted molar refractivity (Wildman–Crippen MR) is 68.0 cm³/mol. The van der Waals surface area contributed by atoms with E-state index in [0.29, 0.717) is 6.54 Å². The van der Waals surface area contributed by atoms with Crippen molar-refractivity contribution in [1.29, 1.82) is 0 Å². The molecule has 15 heavy (non-hydrogen) atoms. The van der Waals surface area contributed by atoms with E-state index in [2.05, 4.69) is 21.2 Å². The van der Waals surface area contributed by atoms with Crippen LogP contribution in [0.4, 0.5) is 0 Å². The van der Waals surface area contributed by atoms with Gasteiger partial charge in [-0.15, -0.1) is 11.3 Å². The minimum absolute atomic E-state index is 0.00986. The topological polar surface area (TPSA) is 29.1 Å². The largest absolute Gasteiger partial charge is 0.351 e. The van der Waals surface area contributed by atoms with E-state index in [1.165, 1.54) is 11.3 Å². The summed E-state index contributed by atoms with van der Waals surface area (Å²) in [6.45, 7) is 0.660. The minimum atomic E-state index is 0.00986. The maximum absolute atomic E-state index is 11.7. The Bertz CT molecular complexity index is 447. The number of nitrogens with one attached hydrogen (secondary N) is 1. The number of amides is 1. The molecule has 0 aliphatic heterocycles. The monoisotopic (exact) mass is 283 g/mol. The van der Waals surface area contributed by atoms with Crippen LogP contribution in [0, 0.1) is 0 Å². The molecule has 0 saturated heterocycles. The van der Waals surface area contributed by atoms with Gasteiger partial charge in [0.25, 0.3) is 5.91 Å². The second-order valence-electron chi connectivity index (χ2n) is 3.09. The quantitative estimate of drug-likeness (QED) is 0.862. The SMILES string of the molecule is O=C(NCCBr)c1cc2ccccc2s1. The molecule has 1 N–H and O–H groups in total. The molecule has 0 spiro atoms. The molecule has 2 rings (SSSR count). The fourth-order valence-electron chi connectivity index (χ4n) is 1.34. The third kappa shape index (κ3) is 2.38. The summed E-state index contributed by atoms with van der Waals surface area (Å²) in [4.78, 5) is 12.4. The lowest BCUT2D eigenvalue weighted by Gasteiger charge is -1.98. The second kappa shape index (κ2) is 4.77. The number of carbonyl (C=O) groups excluding carboxylic acids is 1. The number of thiophene rings is 1. The number of halogens is 1. The zero-order valence-electron chi connectivity index (χ0n) is 8.00. The van der Waals surface area contributed by atoms with Gasteiger partial charge in [-0.3, -0.25) is 4.79 Å². The van der Waals surface area contributed by atoms with Crippen LogP contribution in [0.3, 0.4) is 0 Å². The lowest BCUT2D eigenvalue weighted by molar-refractivity contribution is 0.0960. The number of fused-ring (bicyclic) bond motifs is 1. The fraction of sp³-hybridized carbons (Fsp3) is 0.182. The molecule has 4 heteroatoms. The van der Waals surface area contributed by atoms with Gasteiger partial charge in [0.1, 0.15) is 0 Å². The maximum atomic E-state index is 11.7. The molecule has 0 saturated carbocycles. The van der Waals surface area contributed by atoms with Crippen LogP contribution in [0.25, 0.3) is 10.1 Å². The van der Waals surface area contributed by atoms with E-state index in [9.17, 15) is 4.79 Å². The third-order valence-electron chi connectivity index (χ3n) is 2.03. The highest BCUT2D eigenvalue weighted by molar-refractivity contribution is 9.09. The summed E-state index contributed by atoms with van der Waals surface area (Å²) >= 11 is 4.80. The summed E-state index contributed by atoms with van der Waals surface area (Å²) in [7, 11) is 0. The van der Waals surface area contributed by atoms with Crippen LogP contribution in [0.15, 0.2) is 30.3 Å². The number of benzene rings is 1. The summed E-state index contributed by atoms with van der Waals surface area (Å²) < 4.78 is 1.15. The molecule has 2 aromatic rings.